The summed E-state index contributed by atoms with van der Waals surface area (Å²) in [4.78, 5) is 0. The van der Waals surface area contributed by atoms with Crippen LogP contribution in [0.2, 0.25) is 0 Å². The lowest BCUT2D eigenvalue weighted by atomic mass is 10.2. The Balaban J connectivity index is 0.000000302. The molecule has 0 amide bonds. The molecule has 0 saturated carbocycles. The van der Waals surface area contributed by atoms with Crippen LogP contribution in [0.1, 0.15) is 19.4 Å². The number of benzene rings is 1. The van der Waals surface area contributed by atoms with Crippen molar-refractivity contribution in [1.29, 1.82) is 0 Å². The molecule has 0 saturated heterocycles. The van der Waals surface area contributed by atoms with Crippen LogP contribution in [-0.2, 0) is 18.8 Å². The first-order valence-electron chi connectivity index (χ1n) is 5.20. The van der Waals surface area contributed by atoms with Crippen molar-refractivity contribution >= 4 is 10.4 Å². The summed E-state index contributed by atoms with van der Waals surface area (Å²) in [5.74, 6) is 0.329. The smallest absolute Gasteiger partial charge is 0.399 e. The summed E-state index contributed by atoms with van der Waals surface area (Å²) >= 11 is 0. The summed E-state index contributed by atoms with van der Waals surface area (Å²) in [6.07, 6.45) is 0. The number of phenolic OH excluding ortho intramolecular Hbond substituents is 1. The molecule has 98 valence electrons. The zero-order valence-corrected chi connectivity index (χ0v) is 11.0. The van der Waals surface area contributed by atoms with Crippen molar-refractivity contribution in [2.75, 3.05) is 13.2 Å². The third kappa shape index (κ3) is 8.67. The lowest BCUT2D eigenvalue weighted by Crippen LogP contribution is -2.09. The standard InChI is InChI=1S/C7H8O.C4H10O4S/c1-6-2-4-7(8)5-3-6;1-3-7-9(5,6)8-4-2/h2-5,8H,1H3;3-4H2,1-2H3. The Morgan fingerprint density at radius 1 is 1.06 bits per heavy atom. The summed E-state index contributed by atoms with van der Waals surface area (Å²) in [5.41, 5.74) is 1.17. The van der Waals surface area contributed by atoms with Crippen molar-refractivity contribution in [1.82, 2.24) is 0 Å². The van der Waals surface area contributed by atoms with E-state index in [1.807, 2.05) is 19.1 Å². The molecule has 0 unspecified atom stereocenters. The second-order valence-corrected chi connectivity index (χ2v) is 4.34. The average Bonchev–Trinajstić information content (AvgIpc) is 2.23. The molecule has 6 heteroatoms. The van der Waals surface area contributed by atoms with Crippen molar-refractivity contribution in [3.05, 3.63) is 29.8 Å². The van der Waals surface area contributed by atoms with Crippen LogP contribution in [0.15, 0.2) is 24.3 Å². The summed E-state index contributed by atoms with van der Waals surface area (Å²) in [7, 11) is -3.68. The molecule has 1 aromatic carbocycles. The molecule has 0 radical (unpaired) electrons. The van der Waals surface area contributed by atoms with Crippen LogP contribution in [0.3, 0.4) is 0 Å². The number of phenols is 1. The maximum absolute atomic E-state index is 10.4. The molecule has 0 fully saturated rings. The maximum atomic E-state index is 10.4. The molecule has 0 aliphatic rings. The quantitative estimate of drug-likeness (QED) is 0.898. The van der Waals surface area contributed by atoms with Gasteiger partial charge in [0.1, 0.15) is 5.75 Å². The van der Waals surface area contributed by atoms with E-state index in [0.29, 0.717) is 5.75 Å². The lowest BCUT2D eigenvalue weighted by Gasteiger charge is -1.99. The van der Waals surface area contributed by atoms with Gasteiger partial charge in [-0.3, -0.25) is 0 Å². The van der Waals surface area contributed by atoms with E-state index in [2.05, 4.69) is 8.37 Å². The van der Waals surface area contributed by atoms with Gasteiger partial charge < -0.3 is 5.11 Å². The minimum atomic E-state index is -3.68. The van der Waals surface area contributed by atoms with Crippen LogP contribution in [0.4, 0.5) is 0 Å². The Bertz CT molecular complexity index is 363. The normalized spacial score (nSPS) is 10.5. The molecular weight excluding hydrogens is 244 g/mol. The molecule has 0 heterocycles. The Labute approximate surface area is 102 Å². The molecule has 0 atom stereocenters. The Morgan fingerprint density at radius 3 is 1.76 bits per heavy atom. The van der Waals surface area contributed by atoms with Crippen molar-refractivity contribution in [2.24, 2.45) is 0 Å². The largest absolute Gasteiger partial charge is 0.508 e. The van der Waals surface area contributed by atoms with Gasteiger partial charge in [0.05, 0.1) is 13.2 Å². The van der Waals surface area contributed by atoms with Crippen LogP contribution in [0.25, 0.3) is 0 Å². The number of aryl methyl sites for hydroxylation is 1. The highest BCUT2D eigenvalue weighted by molar-refractivity contribution is 7.81. The zero-order valence-electron chi connectivity index (χ0n) is 10.2. The third-order valence-corrected chi connectivity index (χ3v) is 2.61. The van der Waals surface area contributed by atoms with Crippen LogP contribution < -0.4 is 0 Å². The van der Waals surface area contributed by atoms with Crippen LogP contribution in [0, 0.1) is 6.92 Å². The summed E-state index contributed by atoms with van der Waals surface area (Å²) < 4.78 is 29.2. The molecule has 0 spiro atoms. The first-order chi connectivity index (χ1) is 7.91. The van der Waals surface area contributed by atoms with Gasteiger partial charge in [-0.25, -0.2) is 8.37 Å². The highest BCUT2D eigenvalue weighted by Gasteiger charge is 2.06. The van der Waals surface area contributed by atoms with Crippen molar-refractivity contribution < 1.29 is 21.9 Å². The SMILES string of the molecule is CCOS(=O)(=O)OCC.Cc1ccc(O)cc1. The highest BCUT2D eigenvalue weighted by Crippen LogP contribution is 2.07. The van der Waals surface area contributed by atoms with E-state index < -0.39 is 10.4 Å². The van der Waals surface area contributed by atoms with Gasteiger partial charge in [-0.1, -0.05) is 17.7 Å². The summed E-state index contributed by atoms with van der Waals surface area (Å²) in [6, 6.07) is 7.09. The predicted molar refractivity (Wildman–Crippen MR) is 65.0 cm³/mol. The first kappa shape index (κ1) is 15.9. The van der Waals surface area contributed by atoms with E-state index in [-0.39, 0.29) is 13.2 Å². The molecule has 0 aliphatic carbocycles. The lowest BCUT2D eigenvalue weighted by molar-refractivity contribution is 0.231. The number of aromatic hydroxyl groups is 1. The van der Waals surface area contributed by atoms with Gasteiger partial charge in [-0.2, -0.15) is 8.42 Å². The minimum Gasteiger partial charge on any atom is -0.508 e. The number of rotatable bonds is 4. The van der Waals surface area contributed by atoms with Gasteiger partial charge in [0.25, 0.3) is 0 Å². The molecule has 1 rings (SSSR count). The van der Waals surface area contributed by atoms with Crippen molar-refractivity contribution in [2.45, 2.75) is 20.8 Å². The second kappa shape index (κ2) is 8.05. The molecule has 0 bridgehead atoms. The number of hydrogen-bond acceptors (Lipinski definition) is 5. The van der Waals surface area contributed by atoms with Crippen molar-refractivity contribution in [3.63, 3.8) is 0 Å². The van der Waals surface area contributed by atoms with E-state index in [1.54, 1.807) is 26.0 Å². The Kier molecular flexibility index (Phi) is 7.53. The average molecular weight is 262 g/mol. The van der Waals surface area contributed by atoms with Crippen LogP contribution >= 0.6 is 0 Å². The molecule has 1 aromatic rings. The van der Waals surface area contributed by atoms with Gasteiger partial charge in [0.2, 0.25) is 0 Å². The fourth-order valence-electron chi connectivity index (χ4n) is 0.867. The molecule has 0 aliphatic heterocycles. The molecular formula is C11H18O5S. The molecule has 5 nitrogen and oxygen atoms in total. The topological polar surface area (TPSA) is 72.8 Å². The molecule has 17 heavy (non-hydrogen) atoms. The van der Waals surface area contributed by atoms with Gasteiger partial charge in [-0.15, -0.1) is 0 Å². The predicted octanol–water partition coefficient (Wildman–Crippen LogP) is 2.00. The molecule has 0 aromatic heterocycles. The van der Waals surface area contributed by atoms with Gasteiger partial charge in [0, 0.05) is 0 Å². The number of hydrogen-bond donors (Lipinski definition) is 1. The fraction of sp³-hybridized carbons (Fsp3) is 0.455. The highest BCUT2D eigenvalue weighted by atomic mass is 32.3. The zero-order chi connectivity index (χ0) is 13.3. The Morgan fingerprint density at radius 2 is 1.47 bits per heavy atom. The third-order valence-electron chi connectivity index (χ3n) is 1.56. The van der Waals surface area contributed by atoms with E-state index in [9.17, 15) is 8.42 Å². The van der Waals surface area contributed by atoms with E-state index >= 15 is 0 Å². The monoisotopic (exact) mass is 262 g/mol. The Hall–Kier alpha value is -1.11. The van der Waals surface area contributed by atoms with E-state index in [0.717, 1.165) is 0 Å². The minimum absolute atomic E-state index is 0.113. The van der Waals surface area contributed by atoms with Crippen LogP contribution in [-0.4, -0.2) is 26.7 Å². The first-order valence-corrected chi connectivity index (χ1v) is 6.54. The van der Waals surface area contributed by atoms with E-state index in [4.69, 9.17) is 5.11 Å². The summed E-state index contributed by atoms with van der Waals surface area (Å²) in [5, 5.41) is 8.76. The van der Waals surface area contributed by atoms with Gasteiger partial charge >= 0.3 is 10.4 Å². The fourth-order valence-corrected chi connectivity index (χ4v) is 1.51. The van der Waals surface area contributed by atoms with E-state index in [1.165, 1.54) is 5.56 Å². The van der Waals surface area contributed by atoms with Crippen molar-refractivity contribution in [3.8, 4) is 5.75 Å². The summed E-state index contributed by atoms with van der Waals surface area (Å²) in [6.45, 7) is 5.37. The van der Waals surface area contributed by atoms with Crippen LogP contribution in [0.5, 0.6) is 5.75 Å². The van der Waals surface area contributed by atoms with Gasteiger partial charge in [0.15, 0.2) is 0 Å². The molecule has 1 N–H and O–H groups in total. The van der Waals surface area contributed by atoms with Gasteiger partial charge in [-0.05, 0) is 32.9 Å². The maximum Gasteiger partial charge on any atom is 0.399 e. The second-order valence-electron chi connectivity index (χ2n) is 3.06.